The zero-order valence-corrected chi connectivity index (χ0v) is 10.9. The molecule has 0 aliphatic heterocycles. The number of rotatable bonds is 3. The Bertz CT molecular complexity index is 552. The van der Waals surface area contributed by atoms with Gasteiger partial charge in [-0.25, -0.2) is 0 Å². The van der Waals surface area contributed by atoms with Gasteiger partial charge >= 0.3 is 0 Å². The molecule has 2 aromatic rings. The van der Waals surface area contributed by atoms with E-state index in [1.807, 2.05) is 48.5 Å². The Balaban J connectivity index is 2.14. The van der Waals surface area contributed by atoms with E-state index < -0.39 is 0 Å². The average molecular weight is 258 g/mol. The van der Waals surface area contributed by atoms with E-state index in [4.69, 9.17) is 10.1 Å². The number of amidine groups is 1. The van der Waals surface area contributed by atoms with E-state index in [-0.39, 0.29) is 0 Å². The van der Waals surface area contributed by atoms with Gasteiger partial charge in [0.05, 0.1) is 7.11 Å². The van der Waals surface area contributed by atoms with Crippen LogP contribution in [-0.2, 0) is 0 Å². The molecule has 4 heteroatoms. The Morgan fingerprint density at radius 1 is 1.11 bits per heavy atom. The van der Waals surface area contributed by atoms with Crippen LogP contribution >= 0.6 is 12.6 Å². The third-order valence-corrected chi connectivity index (χ3v) is 2.92. The first-order chi connectivity index (χ1) is 8.70. The lowest BCUT2D eigenvalue weighted by molar-refractivity contribution is 0.415. The molecule has 0 radical (unpaired) electrons. The Morgan fingerprint density at radius 2 is 1.78 bits per heavy atom. The first kappa shape index (κ1) is 12.5. The van der Waals surface area contributed by atoms with Gasteiger partial charge in [0, 0.05) is 16.1 Å². The second-order valence-electron chi connectivity index (χ2n) is 3.75. The smallest absolute Gasteiger partial charge is 0.131 e. The van der Waals surface area contributed by atoms with Gasteiger partial charge in [-0.05, 0) is 30.3 Å². The van der Waals surface area contributed by atoms with Gasteiger partial charge in [-0.2, -0.15) is 0 Å². The molecule has 0 atom stereocenters. The minimum absolute atomic E-state index is 0.325. The predicted octanol–water partition coefficient (Wildman–Crippen LogP) is 3.42. The number of ether oxygens (including phenoxy) is 1. The third kappa shape index (κ3) is 2.84. The van der Waals surface area contributed by atoms with E-state index in [1.54, 1.807) is 7.11 Å². The van der Waals surface area contributed by atoms with Crippen molar-refractivity contribution in [1.29, 1.82) is 5.41 Å². The lowest BCUT2D eigenvalue weighted by Crippen LogP contribution is -2.12. The van der Waals surface area contributed by atoms with Gasteiger partial charge in [0.1, 0.15) is 11.6 Å². The van der Waals surface area contributed by atoms with Crippen molar-refractivity contribution in [3.05, 3.63) is 54.1 Å². The summed E-state index contributed by atoms with van der Waals surface area (Å²) in [7, 11) is 1.63. The molecule has 0 unspecified atom stereocenters. The maximum absolute atomic E-state index is 8.02. The monoisotopic (exact) mass is 258 g/mol. The molecule has 0 fully saturated rings. The van der Waals surface area contributed by atoms with Crippen LogP contribution in [0.2, 0.25) is 0 Å². The molecular formula is C14H14N2OS. The van der Waals surface area contributed by atoms with Gasteiger partial charge < -0.3 is 10.1 Å². The summed E-state index contributed by atoms with van der Waals surface area (Å²) in [5.41, 5.74) is 1.62. The molecule has 0 bridgehead atoms. The summed E-state index contributed by atoms with van der Waals surface area (Å²) >= 11 is 4.33. The predicted molar refractivity (Wildman–Crippen MR) is 77.1 cm³/mol. The molecule has 0 aliphatic rings. The Hall–Kier alpha value is -1.94. The largest absolute Gasteiger partial charge is 0.497 e. The quantitative estimate of drug-likeness (QED) is 0.449. The zero-order chi connectivity index (χ0) is 13.0. The number of benzene rings is 2. The molecule has 0 aromatic heterocycles. The van der Waals surface area contributed by atoms with Crippen LogP contribution < -0.4 is 10.1 Å². The van der Waals surface area contributed by atoms with Crippen LogP contribution in [0, 0.1) is 5.41 Å². The SMILES string of the molecule is COc1ccc(NC(=N)c2ccccc2S)cc1. The Kier molecular flexibility index (Phi) is 3.89. The molecule has 0 spiro atoms. The van der Waals surface area contributed by atoms with Crippen LogP contribution in [0.25, 0.3) is 0 Å². The molecule has 2 aromatic carbocycles. The van der Waals surface area contributed by atoms with Gasteiger partial charge in [-0.1, -0.05) is 18.2 Å². The standard InChI is InChI=1S/C14H14N2OS/c1-17-11-8-6-10(7-9-11)16-14(15)12-4-2-3-5-13(12)18/h2-9,18H,1H3,(H2,15,16). The van der Waals surface area contributed by atoms with Crippen molar-refractivity contribution in [1.82, 2.24) is 0 Å². The van der Waals surface area contributed by atoms with E-state index >= 15 is 0 Å². The zero-order valence-electron chi connectivity index (χ0n) is 9.97. The maximum atomic E-state index is 8.02. The summed E-state index contributed by atoms with van der Waals surface area (Å²) in [4.78, 5) is 0.781. The van der Waals surface area contributed by atoms with Gasteiger partial charge in [0.15, 0.2) is 0 Å². The minimum atomic E-state index is 0.325. The van der Waals surface area contributed by atoms with Crippen LogP contribution in [0.5, 0.6) is 5.75 Å². The summed E-state index contributed by atoms with van der Waals surface area (Å²) in [6.07, 6.45) is 0. The number of nitrogens with one attached hydrogen (secondary N) is 2. The van der Waals surface area contributed by atoms with Crippen LogP contribution in [0.3, 0.4) is 0 Å². The van der Waals surface area contributed by atoms with Crippen LogP contribution in [0.15, 0.2) is 53.4 Å². The van der Waals surface area contributed by atoms with E-state index in [0.717, 1.165) is 21.9 Å². The van der Waals surface area contributed by atoms with E-state index in [0.29, 0.717) is 5.84 Å². The molecule has 92 valence electrons. The number of hydrogen-bond acceptors (Lipinski definition) is 3. The number of thiol groups is 1. The summed E-state index contributed by atoms with van der Waals surface area (Å²) in [5.74, 6) is 1.12. The fourth-order valence-corrected chi connectivity index (χ4v) is 1.84. The molecule has 3 nitrogen and oxygen atoms in total. The van der Waals surface area contributed by atoms with Crippen LogP contribution in [0.1, 0.15) is 5.56 Å². The van der Waals surface area contributed by atoms with Crippen molar-refractivity contribution in [2.75, 3.05) is 12.4 Å². The summed E-state index contributed by atoms with van der Waals surface area (Å²) in [6.45, 7) is 0. The van der Waals surface area contributed by atoms with Crippen molar-refractivity contribution in [2.45, 2.75) is 4.90 Å². The summed E-state index contributed by atoms with van der Waals surface area (Å²) in [6, 6.07) is 14.9. The first-order valence-electron chi connectivity index (χ1n) is 5.48. The van der Waals surface area contributed by atoms with Crippen molar-refractivity contribution in [2.24, 2.45) is 0 Å². The molecule has 0 saturated heterocycles. The van der Waals surface area contributed by atoms with E-state index in [1.165, 1.54) is 0 Å². The van der Waals surface area contributed by atoms with Crippen LogP contribution in [-0.4, -0.2) is 12.9 Å². The normalized spacial score (nSPS) is 9.89. The average Bonchev–Trinajstić information content (AvgIpc) is 2.40. The summed E-state index contributed by atoms with van der Waals surface area (Å²) in [5, 5.41) is 11.0. The van der Waals surface area contributed by atoms with Gasteiger partial charge in [0.25, 0.3) is 0 Å². The molecule has 2 rings (SSSR count). The lowest BCUT2D eigenvalue weighted by atomic mass is 10.2. The summed E-state index contributed by atoms with van der Waals surface area (Å²) < 4.78 is 5.08. The van der Waals surface area contributed by atoms with E-state index in [2.05, 4.69) is 17.9 Å². The van der Waals surface area contributed by atoms with Crippen molar-refractivity contribution >= 4 is 24.2 Å². The molecule has 2 N–H and O–H groups in total. The molecule has 0 amide bonds. The van der Waals surface area contributed by atoms with Gasteiger partial charge in [-0.3, -0.25) is 5.41 Å². The molecular weight excluding hydrogens is 244 g/mol. The van der Waals surface area contributed by atoms with Crippen molar-refractivity contribution in [3.63, 3.8) is 0 Å². The fraction of sp³-hybridized carbons (Fsp3) is 0.0714. The topological polar surface area (TPSA) is 45.1 Å². The fourth-order valence-electron chi connectivity index (χ4n) is 1.57. The van der Waals surface area contributed by atoms with Crippen molar-refractivity contribution in [3.8, 4) is 5.75 Å². The lowest BCUT2D eigenvalue weighted by Gasteiger charge is -2.10. The van der Waals surface area contributed by atoms with Crippen molar-refractivity contribution < 1.29 is 4.74 Å². The Labute approximate surface area is 112 Å². The number of hydrogen-bond donors (Lipinski definition) is 3. The number of anilines is 1. The highest BCUT2D eigenvalue weighted by atomic mass is 32.1. The van der Waals surface area contributed by atoms with Crippen LogP contribution in [0.4, 0.5) is 5.69 Å². The number of methoxy groups -OCH3 is 1. The highest BCUT2D eigenvalue weighted by Crippen LogP contribution is 2.18. The first-order valence-corrected chi connectivity index (χ1v) is 5.93. The second kappa shape index (κ2) is 5.60. The minimum Gasteiger partial charge on any atom is -0.497 e. The van der Waals surface area contributed by atoms with E-state index in [9.17, 15) is 0 Å². The maximum Gasteiger partial charge on any atom is 0.131 e. The Morgan fingerprint density at radius 3 is 2.39 bits per heavy atom. The molecule has 0 aliphatic carbocycles. The molecule has 0 saturated carbocycles. The molecule has 0 heterocycles. The van der Waals surface area contributed by atoms with Gasteiger partial charge in [0.2, 0.25) is 0 Å². The molecule has 18 heavy (non-hydrogen) atoms. The highest BCUT2D eigenvalue weighted by molar-refractivity contribution is 7.80. The highest BCUT2D eigenvalue weighted by Gasteiger charge is 2.05. The third-order valence-electron chi connectivity index (χ3n) is 2.53. The second-order valence-corrected chi connectivity index (χ2v) is 4.23. The van der Waals surface area contributed by atoms with Gasteiger partial charge in [-0.15, -0.1) is 12.6 Å².